The Hall–Kier alpha value is -8.54. The largest absolute Gasteiger partial charge is 0.309 e. The van der Waals surface area contributed by atoms with E-state index < -0.39 is 0 Å². The van der Waals surface area contributed by atoms with Crippen LogP contribution in [0.15, 0.2) is 224 Å². The molecule has 0 amide bonds. The maximum Gasteiger partial charge on any atom is 0.164 e. The molecule has 0 atom stereocenters. The van der Waals surface area contributed by atoms with Crippen molar-refractivity contribution in [2.75, 3.05) is 0 Å². The summed E-state index contributed by atoms with van der Waals surface area (Å²) >= 11 is 0. The van der Waals surface area contributed by atoms with Crippen LogP contribution in [-0.2, 0) is 0 Å². The Morgan fingerprint density at radius 3 is 1.51 bits per heavy atom. The normalized spacial score (nSPS) is 11.5. The minimum absolute atomic E-state index is 0.614. The summed E-state index contributed by atoms with van der Waals surface area (Å²) in [6.07, 6.45) is 0. The van der Waals surface area contributed by atoms with Gasteiger partial charge in [0, 0.05) is 54.9 Å². The lowest BCUT2D eigenvalue weighted by atomic mass is 9.94. The zero-order valence-electron chi connectivity index (χ0n) is 34.1. The lowest BCUT2D eigenvalue weighted by Crippen LogP contribution is -2.01. The van der Waals surface area contributed by atoms with Crippen molar-refractivity contribution < 1.29 is 0 Å². The molecule has 0 aliphatic carbocycles. The van der Waals surface area contributed by atoms with E-state index in [0.717, 1.165) is 88.6 Å². The van der Waals surface area contributed by atoms with Crippen LogP contribution in [0.1, 0.15) is 0 Å². The number of rotatable bonds is 7. The van der Waals surface area contributed by atoms with Gasteiger partial charge in [0.1, 0.15) is 0 Å². The van der Waals surface area contributed by atoms with E-state index in [-0.39, 0.29) is 0 Å². The first-order valence-electron chi connectivity index (χ1n) is 21.2. The molecule has 0 N–H and O–H groups in total. The van der Waals surface area contributed by atoms with Gasteiger partial charge in [-0.2, -0.15) is 0 Å². The Morgan fingerprint density at radius 1 is 0.286 bits per heavy atom. The number of fused-ring (bicyclic) bond motifs is 7. The molecular weight excluding hydrogens is 767 g/mol. The van der Waals surface area contributed by atoms with Gasteiger partial charge in [-0.3, -0.25) is 0 Å². The van der Waals surface area contributed by atoms with Crippen molar-refractivity contribution in [2.45, 2.75) is 0 Å². The van der Waals surface area contributed by atoms with Gasteiger partial charge >= 0.3 is 0 Å². The molecule has 0 aliphatic heterocycles. The lowest BCUT2D eigenvalue weighted by molar-refractivity contribution is 1.07. The number of aromatic nitrogens is 5. The number of nitrogens with zero attached hydrogens (tertiary/aromatic N) is 5. The van der Waals surface area contributed by atoms with E-state index in [1.54, 1.807) is 0 Å². The molecule has 0 aliphatic rings. The van der Waals surface area contributed by atoms with Crippen LogP contribution in [0.5, 0.6) is 0 Å². The van der Waals surface area contributed by atoms with Crippen LogP contribution in [0.2, 0.25) is 0 Å². The first kappa shape index (κ1) is 36.3. The fourth-order valence-corrected chi connectivity index (χ4v) is 9.10. The molecule has 294 valence electrons. The molecule has 9 aromatic carbocycles. The molecule has 63 heavy (non-hydrogen) atoms. The lowest BCUT2D eigenvalue weighted by Gasteiger charge is -2.13. The van der Waals surface area contributed by atoms with Gasteiger partial charge in [0.25, 0.3) is 0 Å². The average molecular weight is 804 g/mol. The Morgan fingerprint density at radius 2 is 0.794 bits per heavy atom. The molecule has 0 bridgehead atoms. The van der Waals surface area contributed by atoms with Gasteiger partial charge in [0.15, 0.2) is 17.5 Å². The van der Waals surface area contributed by atoms with Gasteiger partial charge < -0.3 is 4.57 Å². The molecule has 0 saturated heterocycles. The Labute approximate surface area is 364 Å². The Bertz CT molecular complexity index is 3640. The third-order valence-corrected chi connectivity index (χ3v) is 12.1. The van der Waals surface area contributed by atoms with E-state index in [9.17, 15) is 0 Å². The fourth-order valence-electron chi connectivity index (χ4n) is 9.10. The van der Waals surface area contributed by atoms with Gasteiger partial charge in [0.05, 0.1) is 22.2 Å². The number of hydrogen-bond acceptors (Lipinski definition) is 4. The predicted molar refractivity (Wildman–Crippen MR) is 260 cm³/mol. The zero-order valence-corrected chi connectivity index (χ0v) is 34.1. The van der Waals surface area contributed by atoms with Crippen LogP contribution in [0.3, 0.4) is 0 Å². The summed E-state index contributed by atoms with van der Waals surface area (Å²) in [6.45, 7) is 0. The maximum absolute atomic E-state index is 5.29. The van der Waals surface area contributed by atoms with Crippen LogP contribution in [0.25, 0.3) is 117 Å². The Kier molecular flexibility index (Phi) is 8.75. The summed E-state index contributed by atoms with van der Waals surface area (Å²) in [7, 11) is 0. The molecule has 5 heteroatoms. The van der Waals surface area contributed by atoms with E-state index in [1.807, 2.05) is 24.3 Å². The predicted octanol–water partition coefficient (Wildman–Crippen LogP) is 14.7. The standard InChI is InChI=1S/C58H37N5/c1-5-17-38(18-6-1)39-29-31-42(32-30-39)57-60-56(41-21-9-3-10-22-41)61-58(62-57)46-26-14-13-25-45(46)43-33-35-51-49(37-43)54-52(63(51)44-23-11-4-12-24-44)36-34-48-53(54)47-27-15-16-28-50(47)59-55(48)40-19-7-2-8-20-40/h1-37H. The smallest absolute Gasteiger partial charge is 0.164 e. The molecule has 0 radical (unpaired) electrons. The SMILES string of the molecule is c1ccc(-c2ccc(-c3nc(-c4ccccc4)nc(-c4ccccc4-c4ccc5c(c4)c4c6c(ccc4n5-c4ccccc4)c(-c4ccccc4)nc4ccccc46)n3)cc2)cc1. The molecule has 12 rings (SSSR count). The van der Waals surface area contributed by atoms with Gasteiger partial charge in [-0.25, -0.2) is 19.9 Å². The highest BCUT2D eigenvalue weighted by Crippen LogP contribution is 2.44. The number of hydrogen-bond donors (Lipinski definition) is 0. The summed E-state index contributed by atoms with van der Waals surface area (Å²) in [5.41, 5.74) is 13.6. The summed E-state index contributed by atoms with van der Waals surface area (Å²) in [5, 5.41) is 5.78. The van der Waals surface area contributed by atoms with Crippen LogP contribution in [0.4, 0.5) is 0 Å². The fraction of sp³-hybridized carbons (Fsp3) is 0. The molecule has 0 fully saturated rings. The van der Waals surface area contributed by atoms with E-state index in [0.29, 0.717) is 17.5 Å². The maximum atomic E-state index is 5.29. The van der Waals surface area contributed by atoms with Gasteiger partial charge in [-0.15, -0.1) is 0 Å². The van der Waals surface area contributed by atoms with Crippen molar-refractivity contribution in [2.24, 2.45) is 0 Å². The van der Waals surface area contributed by atoms with Crippen molar-refractivity contribution >= 4 is 43.5 Å². The van der Waals surface area contributed by atoms with Crippen molar-refractivity contribution in [3.63, 3.8) is 0 Å². The highest BCUT2D eigenvalue weighted by molar-refractivity contribution is 6.29. The van der Waals surface area contributed by atoms with Gasteiger partial charge in [-0.05, 0) is 58.7 Å². The van der Waals surface area contributed by atoms with Crippen LogP contribution < -0.4 is 0 Å². The minimum Gasteiger partial charge on any atom is -0.309 e. The topological polar surface area (TPSA) is 56.5 Å². The summed E-state index contributed by atoms with van der Waals surface area (Å²) in [6, 6.07) is 78.6. The molecule has 3 heterocycles. The third kappa shape index (κ3) is 6.34. The summed E-state index contributed by atoms with van der Waals surface area (Å²) in [4.78, 5) is 20.8. The third-order valence-electron chi connectivity index (χ3n) is 12.1. The van der Waals surface area contributed by atoms with Crippen LogP contribution in [0, 0.1) is 0 Å². The quantitative estimate of drug-likeness (QED) is 0.151. The molecule has 5 nitrogen and oxygen atoms in total. The van der Waals surface area contributed by atoms with E-state index in [2.05, 4.69) is 205 Å². The summed E-state index contributed by atoms with van der Waals surface area (Å²) in [5.74, 6) is 1.86. The van der Waals surface area contributed by atoms with Crippen molar-refractivity contribution in [3.8, 4) is 73.4 Å². The molecular formula is C58H37N5. The molecule has 0 spiro atoms. The number of para-hydroxylation sites is 2. The van der Waals surface area contributed by atoms with Crippen LogP contribution in [-0.4, -0.2) is 24.5 Å². The molecule has 12 aromatic rings. The second-order valence-electron chi connectivity index (χ2n) is 15.8. The van der Waals surface area contributed by atoms with Crippen molar-refractivity contribution in [3.05, 3.63) is 224 Å². The monoisotopic (exact) mass is 803 g/mol. The van der Waals surface area contributed by atoms with Gasteiger partial charge in [0.2, 0.25) is 0 Å². The number of benzene rings is 9. The van der Waals surface area contributed by atoms with E-state index in [4.69, 9.17) is 19.9 Å². The second kappa shape index (κ2) is 15.2. The number of pyridine rings is 1. The first-order valence-corrected chi connectivity index (χ1v) is 21.2. The molecule has 0 saturated carbocycles. The average Bonchev–Trinajstić information content (AvgIpc) is 3.71. The van der Waals surface area contributed by atoms with E-state index >= 15 is 0 Å². The second-order valence-corrected chi connectivity index (χ2v) is 15.8. The summed E-state index contributed by atoms with van der Waals surface area (Å²) < 4.78 is 2.39. The van der Waals surface area contributed by atoms with Gasteiger partial charge in [-0.1, -0.05) is 188 Å². The highest BCUT2D eigenvalue weighted by atomic mass is 15.0. The van der Waals surface area contributed by atoms with Crippen LogP contribution >= 0.6 is 0 Å². The zero-order chi connectivity index (χ0) is 41.7. The Balaban J connectivity index is 1.09. The highest BCUT2D eigenvalue weighted by Gasteiger charge is 2.22. The minimum atomic E-state index is 0.614. The molecule has 3 aromatic heterocycles. The van der Waals surface area contributed by atoms with Crippen molar-refractivity contribution in [1.82, 2.24) is 24.5 Å². The van der Waals surface area contributed by atoms with Crippen molar-refractivity contribution in [1.29, 1.82) is 0 Å². The van der Waals surface area contributed by atoms with E-state index in [1.165, 1.54) is 10.8 Å². The first-order chi connectivity index (χ1) is 31.2. The molecule has 0 unspecified atom stereocenters.